The van der Waals surface area contributed by atoms with Crippen molar-refractivity contribution in [1.82, 2.24) is 25.7 Å². The zero-order valence-electron chi connectivity index (χ0n) is 16.6. The number of aliphatic imine (C=N–C) groups is 1. The lowest BCUT2D eigenvalue weighted by Crippen LogP contribution is -2.39. The van der Waals surface area contributed by atoms with Gasteiger partial charge in [-0.1, -0.05) is 26.0 Å². The maximum atomic E-state index is 11.6. The molecule has 2 rings (SSSR count). The summed E-state index contributed by atoms with van der Waals surface area (Å²) < 4.78 is 1.84. The van der Waals surface area contributed by atoms with Gasteiger partial charge in [0, 0.05) is 31.4 Å². The Morgan fingerprint density at radius 2 is 2.04 bits per heavy atom. The molecule has 1 aromatic heterocycles. The second-order valence-electron chi connectivity index (χ2n) is 6.62. The van der Waals surface area contributed by atoms with Crippen molar-refractivity contribution in [3.05, 3.63) is 48.3 Å². The van der Waals surface area contributed by atoms with E-state index in [-0.39, 0.29) is 17.9 Å². The summed E-state index contributed by atoms with van der Waals surface area (Å²) in [5.74, 6) is 0.766. The van der Waals surface area contributed by atoms with Crippen molar-refractivity contribution in [2.75, 3.05) is 19.6 Å². The van der Waals surface area contributed by atoms with E-state index in [0.717, 1.165) is 23.8 Å². The molecule has 27 heavy (non-hydrogen) atoms. The minimum Gasteiger partial charge on any atom is -0.357 e. The first-order valence-corrected chi connectivity index (χ1v) is 9.43. The van der Waals surface area contributed by atoms with Crippen LogP contribution in [0.25, 0.3) is 5.69 Å². The van der Waals surface area contributed by atoms with Gasteiger partial charge in [0.25, 0.3) is 0 Å². The SMILES string of the molecule is CCNC(=NCCNC(=O)C(C)C)NC(C)c1cccc(-n2cccn2)c1. The van der Waals surface area contributed by atoms with E-state index in [1.165, 1.54) is 0 Å². The smallest absolute Gasteiger partial charge is 0.222 e. The molecule has 0 aliphatic heterocycles. The van der Waals surface area contributed by atoms with Gasteiger partial charge in [-0.25, -0.2) is 4.68 Å². The number of nitrogens with zero attached hydrogens (tertiary/aromatic N) is 3. The van der Waals surface area contributed by atoms with Gasteiger partial charge in [-0.2, -0.15) is 5.10 Å². The highest BCUT2D eigenvalue weighted by atomic mass is 16.1. The first kappa shape index (κ1) is 20.5. The van der Waals surface area contributed by atoms with Gasteiger partial charge in [0.05, 0.1) is 18.3 Å². The summed E-state index contributed by atoms with van der Waals surface area (Å²) >= 11 is 0. The van der Waals surface area contributed by atoms with Gasteiger partial charge in [0.1, 0.15) is 0 Å². The minimum absolute atomic E-state index is 0.0116. The van der Waals surface area contributed by atoms with Crippen LogP contribution in [0, 0.1) is 5.92 Å². The molecule has 7 heteroatoms. The lowest BCUT2D eigenvalue weighted by Gasteiger charge is -2.19. The zero-order chi connectivity index (χ0) is 19.6. The molecule has 0 saturated heterocycles. The van der Waals surface area contributed by atoms with Crippen LogP contribution >= 0.6 is 0 Å². The number of amides is 1. The molecule has 1 atom stereocenters. The number of nitrogens with one attached hydrogen (secondary N) is 3. The van der Waals surface area contributed by atoms with Gasteiger partial charge >= 0.3 is 0 Å². The Bertz CT molecular complexity index is 739. The molecule has 1 heterocycles. The Balaban J connectivity index is 1.97. The van der Waals surface area contributed by atoms with Gasteiger partial charge in [-0.05, 0) is 37.6 Å². The molecule has 0 bridgehead atoms. The van der Waals surface area contributed by atoms with E-state index < -0.39 is 0 Å². The van der Waals surface area contributed by atoms with Crippen LogP contribution in [0.2, 0.25) is 0 Å². The molecular weight excluding hydrogens is 340 g/mol. The van der Waals surface area contributed by atoms with Crippen LogP contribution < -0.4 is 16.0 Å². The van der Waals surface area contributed by atoms with Gasteiger partial charge in [0.2, 0.25) is 5.91 Å². The fourth-order valence-electron chi connectivity index (χ4n) is 2.52. The van der Waals surface area contributed by atoms with Gasteiger partial charge in [-0.3, -0.25) is 9.79 Å². The number of carbonyl (C=O) groups excluding carboxylic acids is 1. The van der Waals surface area contributed by atoms with Crippen LogP contribution in [0.4, 0.5) is 0 Å². The van der Waals surface area contributed by atoms with Crippen molar-refractivity contribution in [1.29, 1.82) is 0 Å². The van der Waals surface area contributed by atoms with Crippen molar-refractivity contribution >= 4 is 11.9 Å². The maximum Gasteiger partial charge on any atom is 0.222 e. The predicted molar refractivity (Wildman–Crippen MR) is 109 cm³/mol. The molecule has 1 aromatic carbocycles. The number of aromatic nitrogens is 2. The first-order valence-electron chi connectivity index (χ1n) is 9.43. The summed E-state index contributed by atoms with van der Waals surface area (Å²) in [7, 11) is 0. The topological polar surface area (TPSA) is 83.3 Å². The molecule has 7 nitrogen and oxygen atoms in total. The Kier molecular flexibility index (Phi) is 7.85. The summed E-state index contributed by atoms with van der Waals surface area (Å²) in [6.07, 6.45) is 3.69. The Hall–Kier alpha value is -2.83. The minimum atomic E-state index is -0.0116. The van der Waals surface area contributed by atoms with Crippen LogP contribution in [0.15, 0.2) is 47.7 Å². The summed E-state index contributed by atoms with van der Waals surface area (Å²) in [6.45, 7) is 9.69. The third kappa shape index (κ3) is 6.44. The van der Waals surface area contributed by atoms with Crippen molar-refractivity contribution in [3.63, 3.8) is 0 Å². The van der Waals surface area contributed by atoms with Crippen molar-refractivity contribution in [2.24, 2.45) is 10.9 Å². The highest BCUT2D eigenvalue weighted by molar-refractivity contribution is 5.80. The molecule has 0 saturated carbocycles. The first-order chi connectivity index (χ1) is 13.0. The molecule has 0 spiro atoms. The van der Waals surface area contributed by atoms with Crippen molar-refractivity contribution in [2.45, 2.75) is 33.7 Å². The van der Waals surface area contributed by atoms with Crippen LogP contribution in [-0.4, -0.2) is 41.3 Å². The van der Waals surface area contributed by atoms with Crippen LogP contribution in [-0.2, 0) is 4.79 Å². The summed E-state index contributed by atoms with van der Waals surface area (Å²) in [6, 6.07) is 10.2. The fraction of sp³-hybridized carbons (Fsp3) is 0.450. The zero-order valence-corrected chi connectivity index (χ0v) is 16.6. The Morgan fingerprint density at radius 1 is 1.22 bits per heavy atom. The third-order valence-corrected chi connectivity index (χ3v) is 4.04. The van der Waals surface area contributed by atoms with Gasteiger partial charge < -0.3 is 16.0 Å². The largest absolute Gasteiger partial charge is 0.357 e. The number of hydrogen-bond acceptors (Lipinski definition) is 3. The van der Waals surface area contributed by atoms with Crippen LogP contribution in [0.3, 0.4) is 0 Å². The van der Waals surface area contributed by atoms with E-state index in [0.29, 0.717) is 13.1 Å². The van der Waals surface area contributed by atoms with E-state index in [2.05, 4.69) is 45.1 Å². The Labute approximate surface area is 161 Å². The molecule has 0 fully saturated rings. The highest BCUT2D eigenvalue weighted by Gasteiger charge is 2.09. The molecule has 1 unspecified atom stereocenters. The van der Waals surface area contributed by atoms with Crippen LogP contribution in [0.5, 0.6) is 0 Å². The third-order valence-electron chi connectivity index (χ3n) is 4.04. The van der Waals surface area contributed by atoms with Crippen molar-refractivity contribution < 1.29 is 4.79 Å². The second-order valence-corrected chi connectivity index (χ2v) is 6.62. The molecule has 0 radical (unpaired) electrons. The summed E-state index contributed by atoms with van der Waals surface area (Å²) in [5.41, 5.74) is 2.16. The normalized spacial score (nSPS) is 12.7. The average Bonchev–Trinajstić information content (AvgIpc) is 3.20. The molecular formula is C20H30N6O. The number of carbonyl (C=O) groups is 1. The standard InChI is InChI=1S/C20H30N6O/c1-5-21-20(23-12-11-22-19(27)15(2)3)25-16(4)17-8-6-9-18(14-17)26-13-7-10-24-26/h6-10,13-16H,5,11-12H2,1-4H3,(H,22,27)(H2,21,23,25). The average molecular weight is 371 g/mol. The lowest BCUT2D eigenvalue weighted by atomic mass is 10.1. The highest BCUT2D eigenvalue weighted by Crippen LogP contribution is 2.16. The van der Waals surface area contributed by atoms with E-state index in [9.17, 15) is 4.79 Å². The number of hydrogen-bond donors (Lipinski definition) is 3. The van der Waals surface area contributed by atoms with Gasteiger partial charge in [0.15, 0.2) is 5.96 Å². The summed E-state index contributed by atoms with van der Waals surface area (Å²) in [5, 5.41) is 13.8. The quantitative estimate of drug-likeness (QED) is 0.378. The molecule has 2 aromatic rings. The van der Waals surface area contributed by atoms with Crippen molar-refractivity contribution in [3.8, 4) is 5.69 Å². The number of guanidine groups is 1. The molecule has 3 N–H and O–H groups in total. The number of rotatable bonds is 8. The Morgan fingerprint density at radius 3 is 2.70 bits per heavy atom. The van der Waals surface area contributed by atoms with E-state index in [1.807, 2.05) is 49.8 Å². The second kappa shape index (κ2) is 10.4. The van der Waals surface area contributed by atoms with E-state index in [4.69, 9.17) is 0 Å². The monoisotopic (exact) mass is 370 g/mol. The lowest BCUT2D eigenvalue weighted by molar-refractivity contribution is -0.123. The number of benzene rings is 1. The molecule has 0 aliphatic rings. The predicted octanol–water partition coefficient (Wildman–Crippen LogP) is 2.26. The van der Waals surface area contributed by atoms with Crippen LogP contribution in [0.1, 0.15) is 39.3 Å². The van der Waals surface area contributed by atoms with E-state index in [1.54, 1.807) is 6.20 Å². The molecule has 1 amide bonds. The maximum absolute atomic E-state index is 11.6. The van der Waals surface area contributed by atoms with E-state index >= 15 is 0 Å². The molecule has 0 aliphatic carbocycles. The fourth-order valence-corrected chi connectivity index (χ4v) is 2.52. The summed E-state index contributed by atoms with van der Waals surface area (Å²) in [4.78, 5) is 16.2. The van der Waals surface area contributed by atoms with Gasteiger partial charge in [-0.15, -0.1) is 0 Å². The molecule has 146 valence electrons.